The molecule has 0 amide bonds. The maximum Gasteiger partial charge on any atom is 0.258 e. The van der Waals surface area contributed by atoms with E-state index in [2.05, 4.69) is 10.1 Å². The molecule has 0 N–H and O–H groups in total. The molecule has 0 radical (unpaired) electrons. The summed E-state index contributed by atoms with van der Waals surface area (Å²) >= 11 is 0. The van der Waals surface area contributed by atoms with Gasteiger partial charge < -0.3 is 14.0 Å². The average molecular weight is 376 g/mol. The van der Waals surface area contributed by atoms with Crippen LogP contribution in [-0.4, -0.2) is 17.3 Å². The number of aromatic nitrogens is 2. The summed E-state index contributed by atoms with van der Waals surface area (Å²) in [7, 11) is 1.64. The van der Waals surface area contributed by atoms with Gasteiger partial charge in [-0.2, -0.15) is 4.98 Å². The largest absolute Gasteiger partial charge is 0.497 e. The van der Waals surface area contributed by atoms with Crippen molar-refractivity contribution < 1.29 is 18.4 Å². The maximum absolute atomic E-state index is 13.4. The third-order valence-electron chi connectivity index (χ3n) is 4.15. The SMILES string of the molecule is COc1cccc(COc2ccc(-c3noc(-c4cccc(F)c4)n3)cc2)c1. The number of rotatable bonds is 6. The smallest absolute Gasteiger partial charge is 0.258 e. The predicted molar refractivity (Wildman–Crippen MR) is 102 cm³/mol. The molecular formula is C22H17FN2O3. The molecule has 4 aromatic rings. The van der Waals surface area contributed by atoms with Crippen LogP contribution >= 0.6 is 0 Å². The van der Waals surface area contributed by atoms with Gasteiger partial charge in [0.1, 0.15) is 23.9 Å². The van der Waals surface area contributed by atoms with Crippen molar-refractivity contribution in [3.8, 4) is 34.3 Å². The standard InChI is InChI=1S/C22H17FN2O3/c1-26-20-7-2-4-15(12-20)14-27-19-10-8-16(9-11-19)21-24-22(28-25-21)17-5-3-6-18(23)13-17/h2-13H,14H2,1H3. The van der Waals surface area contributed by atoms with Crippen molar-refractivity contribution in [3.63, 3.8) is 0 Å². The second-order valence-electron chi connectivity index (χ2n) is 6.10. The fourth-order valence-corrected chi connectivity index (χ4v) is 2.71. The van der Waals surface area contributed by atoms with Gasteiger partial charge in [-0.1, -0.05) is 23.4 Å². The summed E-state index contributed by atoms with van der Waals surface area (Å²) in [6.45, 7) is 0.433. The topological polar surface area (TPSA) is 57.4 Å². The van der Waals surface area contributed by atoms with Crippen LogP contribution in [0.25, 0.3) is 22.8 Å². The molecule has 0 saturated carbocycles. The number of ether oxygens (including phenoxy) is 2. The third-order valence-corrected chi connectivity index (χ3v) is 4.15. The van der Waals surface area contributed by atoms with Crippen LogP contribution in [0.2, 0.25) is 0 Å². The summed E-state index contributed by atoms with van der Waals surface area (Å²) < 4.78 is 29.6. The lowest BCUT2D eigenvalue weighted by Crippen LogP contribution is -1.96. The van der Waals surface area contributed by atoms with Crippen molar-refractivity contribution in [1.82, 2.24) is 10.1 Å². The number of nitrogens with zero attached hydrogens (tertiary/aromatic N) is 2. The van der Waals surface area contributed by atoms with Crippen LogP contribution in [0.4, 0.5) is 4.39 Å². The molecule has 0 atom stereocenters. The Labute approximate surface area is 161 Å². The average Bonchev–Trinajstić information content (AvgIpc) is 3.23. The lowest BCUT2D eigenvalue weighted by Gasteiger charge is -2.08. The van der Waals surface area contributed by atoms with Gasteiger partial charge in [0, 0.05) is 11.1 Å². The van der Waals surface area contributed by atoms with E-state index in [4.69, 9.17) is 14.0 Å². The summed E-state index contributed by atoms with van der Waals surface area (Å²) in [4.78, 5) is 4.34. The van der Waals surface area contributed by atoms with E-state index < -0.39 is 0 Å². The van der Waals surface area contributed by atoms with Gasteiger partial charge in [0.2, 0.25) is 5.82 Å². The van der Waals surface area contributed by atoms with E-state index in [9.17, 15) is 4.39 Å². The Hall–Kier alpha value is -3.67. The normalized spacial score (nSPS) is 10.6. The summed E-state index contributed by atoms with van der Waals surface area (Å²) in [5.74, 6) is 1.87. The number of benzene rings is 3. The molecule has 4 rings (SSSR count). The molecule has 0 aliphatic rings. The molecule has 0 unspecified atom stereocenters. The highest BCUT2D eigenvalue weighted by atomic mass is 19.1. The van der Waals surface area contributed by atoms with E-state index in [1.165, 1.54) is 12.1 Å². The molecule has 0 bridgehead atoms. The van der Waals surface area contributed by atoms with Crippen molar-refractivity contribution in [2.45, 2.75) is 6.61 Å². The Morgan fingerprint density at radius 1 is 0.893 bits per heavy atom. The second-order valence-corrected chi connectivity index (χ2v) is 6.10. The lowest BCUT2D eigenvalue weighted by molar-refractivity contribution is 0.305. The van der Waals surface area contributed by atoms with Crippen molar-refractivity contribution >= 4 is 0 Å². The Morgan fingerprint density at radius 2 is 1.71 bits per heavy atom. The van der Waals surface area contributed by atoms with Crippen molar-refractivity contribution in [2.24, 2.45) is 0 Å². The molecule has 3 aromatic carbocycles. The van der Waals surface area contributed by atoms with E-state index in [0.717, 1.165) is 22.6 Å². The van der Waals surface area contributed by atoms with E-state index in [1.54, 1.807) is 19.2 Å². The summed E-state index contributed by atoms with van der Waals surface area (Å²) in [6, 6.07) is 21.1. The Bertz CT molecular complexity index is 1080. The zero-order valence-electron chi connectivity index (χ0n) is 15.1. The van der Waals surface area contributed by atoms with Gasteiger partial charge >= 0.3 is 0 Å². The van der Waals surface area contributed by atoms with E-state index in [0.29, 0.717) is 18.0 Å². The summed E-state index contributed by atoms with van der Waals surface area (Å²) in [6.07, 6.45) is 0. The van der Waals surface area contributed by atoms with Gasteiger partial charge in [-0.25, -0.2) is 4.39 Å². The van der Waals surface area contributed by atoms with E-state index >= 15 is 0 Å². The molecule has 1 aromatic heterocycles. The van der Waals surface area contributed by atoms with Gasteiger partial charge in [-0.05, 0) is 60.2 Å². The second kappa shape index (κ2) is 7.92. The van der Waals surface area contributed by atoms with Gasteiger partial charge in [-0.3, -0.25) is 0 Å². The van der Waals surface area contributed by atoms with Crippen LogP contribution < -0.4 is 9.47 Å². The molecule has 6 heteroatoms. The molecule has 140 valence electrons. The van der Waals surface area contributed by atoms with Crippen molar-refractivity contribution in [1.29, 1.82) is 0 Å². The van der Waals surface area contributed by atoms with Crippen molar-refractivity contribution in [3.05, 3.63) is 84.2 Å². The Balaban J connectivity index is 1.44. The van der Waals surface area contributed by atoms with Crippen LogP contribution in [-0.2, 0) is 6.61 Å². The van der Waals surface area contributed by atoms with Gasteiger partial charge in [0.25, 0.3) is 5.89 Å². The zero-order chi connectivity index (χ0) is 19.3. The van der Waals surface area contributed by atoms with Gasteiger partial charge in [0.05, 0.1) is 7.11 Å². The highest BCUT2D eigenvalue weighted by Gasteiger charge is 2.11. The number of methoxy groups -OCH3 is 1. The van der Waals surface area contributed by atoms with Crippen LogP contribution in [0, 0.1) is 5.82 Å². The Kier molecular flexibility index (Phi) is 5.01. The first-order chi connectivity index (χ1) is 13.7. The van der Waals surface area contributed by atoms with E-state index in [1.807, 2.05) is 48.5 Å². The quantitative estimate of drug-likeness (QED) is 0.467. The van der Waals surface area contributed by atoms with E-state index in [-0.39, 0.29) is 11.7 Å². The predicted octanol–water partition coefficient (Wildman–Crippen LogP) is 5.13. The molecule has 0 saturated heterocycles. The van der Waals surface area contributed by atoms with Crippen LogP contribution in [0.1, 0.15) is 5.56 Å². The van der Waals surface area contributed by atoms with Crippen LogP contribution in [0.3, 0.4) is 0 Å². The highest BCUT2D eigenvalue weighted by molar-refractivity contribution is 5.60. The van der Waals surface area contributed by atoms with Crippen molar-refractivity contribution in [2.75, 3.05) is 7.11 Å². The fraction of sp³-hybridized carbons (Fsp3) is 0.0909. The van der Waals surface area contributed by atoms with Gasteiger partial charge in [0.15, 0.2) is 0 Å². The van der Waals surface area contributed by atoms with Crippen LogP contribution in [0.5, 0.6) is 11.5 Å². The molecule has 28 heavy (non-hydrogen) atoms. The maximum atomic E-state index is 13.4. The molecule has 5 nitrogen and oxygen atoms in total. The first-order valence-electron chi connectivity index (χ1n) is 8.67. The van der Waals surface area contributed by atoms with Crippen LogP contribution in [0.15, 0.2) is 77.3 Å². The lowest BCUT2D eigenvalue weighted by atomic mass is 10.2. The zero-order valence-corrected chi connectivity index (χ0v) is 15.1. The number of hydrogen-bond donors (Lipinski definition) is 0. The third kappa shape index (κ3) is 4.01. The summed E-state index contributed by atoms with van der Waals surface area (Å²) in [5, 5.41) is 3.97. The highest BCUT2D eigenvalue weighted by Crippen LogP contribution is 2.25. The molecule has 0 fully saturated rings. The minimum absolute atomic E-state index is 0.271. The van der Waals surface area contributed by atoms with Gasteiger partial charge in [-0.15, -0.1) is 0 Å². The monoisotopic (exact) mass is 376 g/mol. The molecular weight excluding hydrogens is 359 g/mol. The minimum Gasteiger partial charge on any atom is -0.497 e. The molecule has 0 aliphatic carbocycles. The number of hydrogen-bond acceptors (Lipinski definition) is 5. The summed E-state index contributed by atoms with van der Waals surface area (Å²) in [5.41, 5.74) is 2.33. The first kappa shape index (κ1) is 17.7. The number of halogens is 1. The fourth-order valence-electron chi connectivity index (χ4n) is 2.71. The molecule has 0 aliphatic heterocycles. The molecule has 1 heterocycles. The Morgan fingerprint density at radius 3 is 2.50 bits per heavy atom. The molecule has 0 spiro atoms. The minimum atomic E-state index is -0.352. The first-order valence-corrected chi connectivity index (χ1v) is 8.67.